The van der Waals surface area contributed by atoms with Crippen LogP contribution in [-0.4, -0.2) is 62.8 Å². The second-order valence-corrected chi connectivity index (χ2v) is 7.83. The van der Waals surface area contributed by atoms with Gasteiger partial charge in [-0.25, -0.2) is 0 Å². The summed E-state index contributed by atoms with van der Waals surface area (Å²) in [7, 11) is 7.22. The van der Waals surface area contributed by atoms with Gasteiger partial charge < -0.3 is 14.4 Å². The van der Waals surface area contributed by atoms with Gasteiger partial charge in [0.25, 0.3) is 0 Å². The summed E-state index contributed by atoms with van der Waals surface area (Å²) in [6, 6.07) is 13.8. The number of carbonyl (C=O) groups is 1. The van der Waals surface area contributed by atoms with E-state index in [1.54, 1.807) is 25.3 Å². The van der Waals surface area contributed by atoms with E-state index in [-0.39, 0.29) is 5.91 Å². The molecule has 1 fully saturated rings. The summed E-state index contributed by atoms with van der Waals surface area (Å²) in [5.74, 6) is 1.79. The molecule has 0 aliphatic carbocycles. The Bertz CT molecular complexity index is 942. The molecule has 30 heavy (non-hydrogen) atoms. The van der Waals surface area contributed by atoms with E-state index in [0.29, 0.717) is 35.4 Å². The minimum absolute atomic E-state index is 0.0461. The maximum absolute atomic E-state index is 12.3. The topological polar surface area (TPSA) is 66.7 Å². The standard InChI is InChI=1S/C22H26N4O3S/c1-25(2)18-8-5-17(6-9-18)14-23-24-22-26(21(27)15-30-22)12-11-16-7-10-19(28-3)20(13-16)29-4/h5-10,13-14H,11-12,15H2,1-4H3. The van der Waals surface area contributed by atoms with Crippen molar-refractivity contribution in [3.8, 4) is 11.5 Å². The summed E-state index contributed by atoms with van der Waals surface area (Å²) in [6.07, 6.45) is 2.38. The lowest BCUT2D eigenvalue weighted by Crippen LogP contribution is -2.31. The number of benzene rings is 2. The Morgan fingerprint density at radius 3 is 2.50 bits per heavy atom. The number of rotatable bonds is 8. The van der Waals surface area contributed by atoms with Gasteiger partial charge in [0.2, 0.25) is 5.91 Å². The molecule has 2 aromatic rings. The molecule has 3 rings (SSSR count). The van der Waals surface area contributed by atoms with E-state index >= 15 is 0 Å². The molecule has 1 saturated heterocycles. The van der Waals surface area contributed by atoms with E-state index in [9.17, 15) is 4.79 Å². The monoisotopic (exact) mass is 426 g/mol. The van der Waals surface area contributed by atoms with Crippen molar-refractivity contribution in [3.05, 3.63) is 53.6 Å². The predicted molar refractivity (Wildman–Crippen MR) is 123 cm³/mol. The second kappa shape index (κ2) is 10.2. The summed E-state index contributed by atoms with van der Waals surface area (Å²) < 4.78 is 10.6. The number of nitrogens with zero attached hydrogens (tertiary/aromatic N) is 4. The smallest absolute Gasteiger partial charge is 0.239 e. The Balaban J connectivity index is 1.65. The van der Waals surface area contributed by atoms with Crippen LogP contribution in [0.25, 0.3) is 0 Å². The number of methoxy groups -OCH3 is 2. The van der Waals surface area contributed by atoms with Crippen LogP contribution in [0.2, 0.25) is 0 Å². The summed E-state index contributed by atoms with van der Waals surface area (Å²) in [5.41, 5.74) is 3.13. The van der Waals surface area contributed by atoms with Gasteiger partial charge in [0.1, 0.15) is 0 Å². The predicted octanol–water partition coefficient (Wildman–Crippen LogP) is 3.28. The number of thioether (sulfide) groups is 1. The number of hydrogen-bond acceptors (Lipinski definition) is 7. The highest BCUT2D eigenvalue weighted by Crippen LogP contribution is 2.28. The average Bonchev–Trinajstić information content (AvgIpc) is 3.11. The van der Waals surface area contributed by atoms with Gasteiger partial charge in [-0.3, -0.25) is 9.69 Å². The van der Waals surface area contributed by atoms with Gasteiger partial charge in [0.15, 0.2) is 16.7 Å². The summed E-state index contributed by atoms with van der Waals surface area (Å²) in [5, 5.41) is 9.09. The highest BCUT2D eigenvalue weighted by molar-refractivity contribution is 8.15. The Labute approximate surface area is 181 Å². The third-order valence-corrected chi connectivity index (χ3v) is 5.64. The maximum Gasteiger partial charge on any atom is 0.239 e. The van der Waals surface area contributed by atoms with Crippen LogP contribution in [0.3, 0.4) is 0 Å². The van der Waals surface area contributed by atoms with Crippen LogP contribution < -0.4 is 14.4 Å². The third kappa shape index (κ3) is 5.33. The Kier molecular flexibility index (Phi) is 7.35. The molecule has 1 amide bonds. The Hall–Kier alpha value is -3.00. The lowest BCUT2D eigenvalue weighted by Gasteiger charge is -2.16. The molecule has 0 aromatic heterocycles. The second-order valence-electron chi connectivity index (χ2n) is 6.89. The molecule has 1 aliphatic rings. The van der Waals surface area contributed by atoms with Crippen LogP contribution in [-0.2, 0) is 11.2 Å². The zero-order valence-corrected chi connectivity index (χ0v) is 18.5. The van der Waals surface area contributed by atoms with Crippen molar-refractivity contribution in [2.45, 2.75) is 6.42 Å². The summed E-state index contributed by atoms with van der Waals surface area (Å²) in [4.78, 5) is 16.0. The van der Waals surface area contributed by atoms with Crippen molar-refractivity contribution in [1.82, 2.24) is 4.90 Å². The summed E-state index contributed by atoms with van der Waals surface area (Å²) >= 11 is 1.41. The fourth-order valence-corrected chi connectivity index (χ4v) is 3.83. The van der Waals surface area contributed by atoms with Crippen LogP contribution in [0.4, 0.5) is 5.69 Å². The molecule has 0 atom stereocenters. The normalized spacial score (nSPS) is 15.3. The fraction of sp³-hybridized carbons (Fsp3) is 0.318. The molecular weight excluding hydrogens is 400 g/mol. The highest BCUT2D eigenvalue weighted by Gasteiger charge is 2.28. The largest absolute Gasteiger partial charge is 0.493 e. The van der Waals surface area contributed by atoms with Gasteiger partial charge in [-0.05, 0) is 41.8 Å². The Morgan fingerprint density at radius 1 is 1.10 bits per heavy atom. The van der Waals surface area contributed by atoms with Crippen molar-refractivity contribution in [3.63, 3.8) is 0 Å². The lowest BCUT2D eigenvalue weighted by atomic mass is 10.1. The Morgan fingerprint density at radius 2 is 1.83 bits per heavy atom. The van der Waals surface area contributed by atoms with Gasteiger partial charge in [0.05, 0.1) is 26.2 Å². The fourth-order valence-electron chi connectivity index (χ4n) is 2.97. The highest BCUT2D eigenvalue weighted by atomic mass is 32.2. The third-order valence-electron chi connectivity index (χ3n) is 4.69. The minimum Gasteiger partial charge on any atom is -0.493 e. The van der Waals surface area contributed by atoms with Gasteiger partial charge in [0, 0.05) is 26.3 Å². The average molecular weight is 427 g/mol. The van der Waals surface area contributed by atoms with E-state index in [2.05, 4.69) is 10.2 Å². The maximum atomic E-state index is 12.3. The molecule has 0 bridgehead atoms. The quantitative estimate of drug-likeness (QED) is 0.479. The molecule has 7 nitrogen and oxygen atoms in total. The van der Waals surface area contributed by atoms with Crippen molar-refractivity contribution in [2.75, 3.05) is 45.5 Å². The number of carbonyl (C=O) groups excluding carboxylic acids is 1. The number of amidine groups is 1. The van der Waals surface area contributed by atoms with Crippen LogP contribution in [0.5, 0.6) is 11.5 Å². The molecule has 0 saturated carbocycles. The van der Waals surface area contributed by atoms with Gasteiger partial charge in [-0.15, -0.1) is 5.10 Å². The molecule has 0 N–H and O–H groups in total. The van der Waals surface area contributed by atoms with Gasteiger partial charge >= 0.3 is 0 Å². The number of amides is 1. The molecule has 0 unspecified atom stereocenters. The van der Waals surface area contributed by atoms with E-state index in [4.69, 9.17) is 9.47 Å². The van der Waals surface area contributed by atoms with Crippen LogP contribution in [0, 0.1) is 0 Å². The van der Waals surface area contributed by atoms with Crippen molar-refractivity contribution < 1.29 is 14.3 Å². The van der Waals surface area contributed by atoms with Crippen molar-refractivity contribution in [1.29, 1.82) is 0 Å². The molecule has 1 heterocycles. The number of ether oxygens (including phenoxy) is 2. The zero-order valence-electron chi connectivity index (χ0n) is 17.7. The van der Waals surface area contributed by atoms with Gasteiger partial charge in [-0.1, -0.05) is 30.0 Å². The molecule has 0 spiro atoms. The van der Waals surface area contributed by atoms with E-state index < -0.39 is 0 Å². The van der Waals surface area contributed by atoms with Crippen LogP contribution in [0.15, 0.2) is 52.7 Å². The van der Waals surface area contributed by atoms with Crippen LogP contribution in [0.1, 0.15) is 11.1 Å². The molecule has 2 aromatic carbocycles. The molecule has 0 radical (unpaired) electrons. The molecule has 158 valence electrons. The van der Waals surface area contributed by atoms with E-state index in [1.807, 2.05) is 61.5 Å². The van der Waals surface area contributed by atoms with Crippen molar-refractivity contribution in [2.24, 2.45) is 10.2 Å². The van der Waals surface area contributed by atoms with E-state index in [0.717, 1.165) is 16.8 Å². The first kappa shape index (κ1) is 21.7. The molecular formula is C22H26N4O3S. The van der Waals surface area contributed by atoms with Gasteiger partial charge in [-0.2, -0.15) is 5.10 Å². The first-order valence-corrected chi connectivity index (χ1v) is 10.5. The van der Waals surface area contributed by atoms with Crippen LogP contribution >= 0.6 is 11.8 Å². The number of hydrogen-bond donors (Lipinski definition) is 0. The lowest BCUT2D eigenvalue weighted by molar-refractivity contribution is -0.124. The number of anilines is 1. The first-order valence-electron chi connectivity index (χ1n) is 9.54. The van der Waals surface area contributed by atoms with E-state index in [1.165, 1.54) is 11.8 Å². The molecule has 1 aliphatic heterocycles. The minimum atomic E-state index is 0.0461. The summed E-state index contributed by atoms with van der Waals surface area (Å²) in [6.45, 7) is 0.535. The molecule has 8 heteroatoms. The SMILES string of the molecule is COc1ccc(CCN2C(=O)CSC2=NN=Cc2ccc(N(C)C)cc2)cc1OC. The zero-order chi connectivity index (χ0) is 21.5. The van der Waals surface area contributed by atoms with Crippen molar-refractivity contribution >= 4 is 34.7 Å². The first-order chi connectivity index (χ1) is 14.5.